The number of hydrogen-bond acceptors (Lipinski definition) is 1. The first-order valence-corrected chi connectivity index (χ1v) is 11.8. The van der Waals surface area contributed by atoms with E-state index in [9.17, 15) is 0 Å². The zero-order chi connectivity index (χ0) is 9.99. The first-order valence-electron chi connectivity index (χ1n) is 4.67. The van der Waals surface area contributed by atoms with Crippen LogP contribution in [0.3, 0.4) is 0 Å². The van der Waals surface area contributed by atoms with Crippen molar-refractivity contribution < 1.29 is 0 Å². The lowest BCUT2D eigenvalue weighted by molar-refractivity contribution is 1.12. The van der Waals surface area contributed by atoms with Crippen LogP contribution in [0.5, 0.6) is 0 Å². The van der Waals surface area contributed by atoms with E-state index in [-0.39, 0.29) is 0 Å². The van der Waals surface area contributed by atoms with E-state index in [1.165, 1.54) is 0 Å². The van der Waals surface area contributed by atoms with Crippen molar-refractivity contribution in [3.8, 4) is 0 Å². The molecule has 12 heavy (non-hydrogen) atoms. The van der Waals surface area contributed by atoms with E-state index in [1.807, 2.05) is 13.1 Å². The molecule has 0 N–H and O–H groups in total. The summed E-state index contributed by atoms with van der Waals surface area (Å²) >= 11 is 0. The molecule has 0 radical (unpaired) electrons. The molecular formula is C9H23NSi2. The minimum Gasteiger partial charge on any atom is -0.301 e. The standard InChI is InChI=1S/C9H23NSi2/c1-8-10-9(11(2,3)4)12(5,6)7/h8-9H,1-7H3/b10-8+. The molecule has 3 heteroatoms. The van der Waals surface area contributed by atoms with E-state index >= 15 is 0 Å². The van der Waals surface area contributed by atoms with Crippen molar-refractivity contribution in [2.75, 3.05) is 0 Å². The third-order valence-electron chi connectivity index (χ3n) is 1.94. The molecule has 0 aliphatic heterocycles. The van der Waals surface area contributed by atoms with E-state index in [1.54, 1.807) is 0 Å². The SMILES string of the molecule is C/C=N/C([Si](C)(C)C)[Si](C)(C)C. The van der Waals surface area contributed by atoms with E-state index in [0.717, 1.165) is 0 Å². The van der Waals surface area contributed by atoms with Crippen molar-refractivity contribution in [2.24, 2.45) is 4.99 Å². The molecule has 0 aromatic heterocycles. The molecule has 72 valence electrons. The van der Waals surface area contributed by atoms with Crippen LogP contribution in [-0.2, 0) is 0 Å². The minimum absolute atomic E-state index is 0.676. The molecule has 0 spiro atoms. The number of hydrogen-bond donors (Lipinski definition) is 0. The predicted octanol–water partition coefficient (Wildman–Crippen LogP) is 3.20. The van der Waals surface area contributed by atoms with Crippen LogP contribution in [0.2, 0.25) is 39.3 Å². The maximum atomic E-state index is 4.67. The van der Waals surface area contributed by atoms with Crippen LogP contribution in [0, 0.1) is 0 Å². The van der Waals surface area contributed by atoms with Gasteiger partial charge < -0.3 is 4.99 Å². The lowest BCUT2D eigenvalue weighted by Crippen LogP contribution is -2.52. The van der Waals surface area contributed by atoms with Crippen molar-refractivity contribution in [1.29, 1.82) is 0 Å². The maximum Gasteiger partial charge on any atom is 0.0693 e. The van der Waals surface area contributed by atoms with E-state index < -0.39 is 16.1 Å². The average molecular weight is 201 g/mol. The molecule has 0 amide bonds. The Hall–Kier alpha value is 0.104. The lowest BCUT2D eigenvalue weighted by atomic mass is 10.9. The van der Waals surface area contributed by atoms with E-state index in [2.05, 4.69) is 44.3 Å². The highest BCUT2D eigenvalue weighted by Crippen LogP contribution is 2.21. The van der Waals surface area contributed by atoms with Gasteiger partial charge in [0.05, 0.1) is 16.1 Å². The van der Waals surface area contributed by atoms with Gasteiger partial charge in [-0.25, -0.2) is 0 Å². The summed E-state index contributed by atoms with van der Waals surface area (Å²) in [6.07, 6.45) is 1.99. The Balaban J connectivity index is 4.69. The van der Waals surface area contributed by atoms with Gasteiger partial charge in [0.2, 0.25) is 0 Å². The molecule has 0 aliphatic rings. The number of aliphatic imine (C=N–C) groups is 1. The quantitative estimate of drug-likeness (QED) is 0.491. The van der Waals surface area contributed by atoms with Crippen LogP contribution in [0.1, 0.15) is 6.92 Å². The molecule has 0 fully saturated rings. The van der Waals surface area contributed by atoms with E-state index in [0.29, 0.717) is 5.29 Å². The summed E-state index contributed by atoms with van der Waals surface area (Å²) in [5.74, 6) is 0. The van der Waals surface area contributed by atoms with Crippen molar-refractivity contribution in [1.82, 2.24) is 0 Å². The molecule has 0 saturated heterocycles. The summed E-state index contributed by atoms with van der Waals surface area (Å²) in [7, 11) is -2.16. The van der Waals surface area contributed by atoms with Crippen LogP contribution >= 0.6 is 0 Å². The second-order valence-corrected chi connectivity index (χ2v) is 16.7. The van der Waals surface area contributed by atoms with Gasteiger partial charge in [-0.15, -0.1) is 0 Å². The van der Waals surface area contributed by atoms with Gasteiger partial charge in [0.1, 0.15) is 0 Å². The number of rotatable bonds is 3. The summed E-state index contributed by atoms with van der Waals surface area (Å²) in [5.41, 5.74) is 0. The highest BCUT2D eigenvalue weighted by molar-refractivity contribution is 6.96. The van der Waals surface area contributed by atoms with Crippen LogP contribution < -0.4 is 0 Å². The maximum absolute atomic E-state index is 4.67. The monoisotopic (exact) mass is 201 g/mol. The Morgan fingerprint density at radius 3 is 1.33 bits per heavy atom. The number of nitrogens with zero attached hydrogens (tertiary/aromatic N) is 1. The second kappa shape index (κ2) is 3.87. The van der Waals surface area contributed by atoms with Gasteiger partial charge in [-0.1, -0.05) is 39.3 Å². The van der Waals surface area contributed by atoms with Gasteiger partial charge in [-0.2, -0.15) is 0 Å². The lowest BCUT2D eigenvalue weighted by Gasteiger charge is -2.34. The normalized spacial score (nSPS) is 14.7. The van der Waals surface area contributed by atoms with Gasteiger partial charge in [0.25, 0.3) is 0 Å². The summed E-state index contributed by atoms with van der Waals surface area (Å²) in [6, 6.07) is 0. The predicted molar refractivity (Wildman–Crippen MR) is 64.6 cm³/mol. The molecule has 0 aliphatic carbocycles. The molecule has 0 aromatic carbocycles. The summed E-state index contributed by atoms with van der Waals surface area (Å²) in [6.45, 7) is 16.6. The van der Waals surface area contributed by atoms with Crippen molar-refractivity contribution >= 4 is 22.4 Å². The van der Waals surface area contributed by atoms with Gasteiger partial charge in [-0.3, -0.25) is 0 Å². The summed E-state index contributed by atoms with van der Waals surface area (Å²) in [4.78, 5) is 4.67. The Morgan fingerprint density at radius 1 is 0.917 bits per heavy atom. The Labute approximate surface area is 79.3 Å². The molecule has 1 nitrogen and oxygen atoms in total. The zero-order valence-electron chi connectivity index (χ0n) is 9.60. The molecular weight excluding hydrogens is 178 g/mol. The highest BCUT2D eigenvalue weighted by Gasteiger charge is 2.36. The smallest absolute Gasteiger partial charge is 0.0693 e. The van der Waals surface area contributed by atoms with Crippen LogP contribution in [0.15, 0.2) is 4.99 Å². The molecule has 0 atom stereocenters. The largest absolute Gasteiger partial charge is 0.301 e. The van der Waals surface area contributed by atoms with Gasteiger partial charge in [0.15, 0.2) is 0 Å². The van der Waals surface area contributed by atoms with Crippen LogP contribution in [-0.4, -0.2) is 27.7 Å². The molecule has 0 unspecified atom stereocenters. The molecule has 0 bridgehead atoms. The average Bonchev–Trinajstić information content (AvgIpc) is 1.77. The molecule has 0 aromatic rings. The Morgan fingerprint density at radius 2 is 1.25 bits per heavy atom. The van der Waals surface area contributed by atoms with E-state index in [4.69, 9.17) is 0 Å². The fourth-order valence-electron chi connectivity index (χ4n) is 1.90. The first-order chi connectivity index (χ1) is 5.19. The van der Waals surface area contributed by atoms with Crippen LogP contribution in [0.4, 0.5) is 0 Å². The van der Waals surface area contributed by atoms with Gasteiger partial charge in [-0.05, 0) is 13.1 Å². The summed E-state index contributed by atoms with van der Waals surface area (Å²) < 4.78 is 0. The van der Waals surface area contributed by atoms with Crippen LogP contribution in [0.25, 0.3) is 0 Å². The summed E-state index contributed by atoms with van der Waals surface area (Å²) in [5, 5.41) is 0.676. The first kappa shape index (κ1) is 12.1. The van der Waals surface area contributed by atoms with Crippen molar-refractivity contribution in [2.45, 2.75) is 51.5 Å². The molecule has 0 heterocycles. The molecule has 0 saturated carbocycles. The second-order valence-electron chi connectivity index (χ2n) is 5.54. The minimum atomic E-state index is -1.08. The third kappa shape index (κ3) is 3.67. The highest BCUT2D eigenvalue weighted by atomic mass is 28.4. The fourth-order valence-corrected chi connectivity index (χ4v) is 13.5. The zero-order valence-corrected chi connectivity index (χ0v) is 11.6. The van der Waals surface area contributed by atoms with Crippen molar-refractivity contribution in [3.05, 3.63) is 0 Å². The van der Waals surface area contributed by atoms with Gasteiger partial charge in [0, 0.05) is 5.29 Å². The fraction of sp³-hybridized carbons (Fsp3) is 0.889. The Bertz CT molecular complexity index is 148. The third-order valence-corrected chi connectivity index (χ3v) is 10.7. The van der Waals surface area contributed by atoms with Crippen molar-refractivity contribution in [3.63, 3.8) is 0 Å². The molecule has 0 rings (SSSR count). The Kier molecular flexibility index (Phi) is 3.91. The van der Waals surface area contributed by atoms with Gasteiger partial charge >= 0.3 is 0 Å². The topological polar surface area (TPSA) is 12.4 Å².